The second-order valence-corrected chi connectivity index (χ2v) is 5.10. The van der Waals surface area contributed by atoms with Crippen molar-refractivity contribution in [3.8, 4) is 11.3 Å². The number of nitrogens with zero attached hydrogens (tertiary/aromatic N) is 1. The summed E-state index contributed by atoms with van der Waals surface area (Å²) in [5, 5.41) is 5.44. The molecule has 3 rings (SSSR count). The zero-order valence-corrected chi connectivity index (χ0v) is 11.7. The molecule has 19 heavy (non-hydrogen) atoms. The van der Waals surface area contributed by atoms with Crippen molar-refractivity contribution in [1.82, 2.24) is 5.16 Å². The molecule has 0 fully saturated rings. The maximum Gasteiger partial charge on any atom is 0.170 e. The summed E-state index contributed by atoms with van der Waals surface area (Å²) in [5.74, 6) is 0. The Morgan fingerprint density at radius 2 is 1.42 bits per heavy atom. The number of benzene rings is 2. The summed E-state index contributed by atoms with van der Waals surface area (Å²) in [6, 6.07) is 10.2. The first-order valence-corrected chi connectivity index (χ1v) is 6.52. The van der Waals surface area contributed by atoms with E-state index in [-0.39, 0.29) is 0 Å². The van der Waals surface area contributed by atoms with Gasteiger partial charge in [-0.2, -0.15) is 0 Å². The zero-order chi connectivity index (χ0) is 13.6. The van der Waals surface area contributed by atoms with Crippen LogP contribution < -0.4 is 0 Å². The summed E-state index contributed by atoms with van der Waals surface area (Å²) >= 11 is 0. The van der Waals surface area contributed by atoms with E-state index in [2.05, 4.69) is 45.0 Å². The van der Waals surface area contributed by atoms with Crippen molar-refractivity contribution < 1.29 is 4.52 Å². The van der Waals surface area contributed by atoms with Crippen LogP contribution in [0.1, 0.15) is 22.3 Å². The monoisotopic (exact) mass is 251 g/mol. The minimum Gasteiger partial charge on any atom is -0.355 e. The zero-order valence-electron chi connectivity index (χ0n) is 11.7. The van der Waals surface area contributed by atoms with Gasteiger partial charge in [0, 0.05) is 5.56 Å². The lowest BCUT2D eigenvalue weighted by atomic mass is 9.93. The summed E-state index contributed by atoms with van der Waals surface area (Å²) < 4.78 is 5.60. The summed E-state index contributed by atoms with van der Waals surface area (Å²) in [6.07, 6.45) is 0. The van der Waals surface area contributed by atoms with Gasteiger partial charge in [-0.3, -0.25) is 0 Å². The first kappa shape index (κ1) is 12.0. The predicted molar refractivity (Wildman–Crippen MR) is 78.4 cm³/mol. The number of aryl methyl sites for hydroxylation is 2. The van der Waals surface area contributed by atoms with Crippen LogP contribution >= 0.6 is 0 Å². The topological polar surface area (TPSA) is 26.0 Å². The smallest absolute Gasteiger partial charge is 0.170 e. The van der Waals surface area contributed by atoms with Gasteiger partial charge in [0.05, 0.1) is 5.39 Å². The van der Waals surface area contributed by atoms with Crippen molar-refractivity contribution in [2.75, 3.05) is 0 Å². The number of aromatic nitrogens is 1. The fraction of sp³-hybridized carbons (Fsp3) is 0.235. The van der Waals surface area contributed by atoms with Crippen molar-refractivity contribution in [3.05, 3.63) is 52.6 Å². The molecule has 0 saturated heterocycles. The van der Waals surface area contributed by atoms with E-state index in [0.29, 0.717) is 0 Å². The highest BCUT2D eigenvalue weighted by atomic mass is 16.5. The number of hydrogen-bond acceptors (Lipinski definition) is 2. The highest BCUT2D eigenvalue weighted by molar-refractivity contribution is 5.97. The van der Waals surface area contributed by atoms with Crippen molar-refractivity contribution in [3.63, 3.8) is 0 Å². The molecule has 0 unspecified atom stereocenters. The fourth-order valence-corrected chi connectivity index (χ4v) is 2.61. The molecular formula is C17H17NO. The van der Waals surface area contributed by atoms with Crippen LogP contribution in [0.25, 0.3) is 22.2 Å². The fourth-order valence-electron chi connectivity index (χ4n) is 2.61. The summed E-state index contributed by atoms with van der Waals surface area (Å²) in [5.41, 5.74) is 8.03. The molecule has 2 aromatic carbocycles. The second kappa shape index (κ2) is 4.23. The van der Waals surface area contributed by atoms with E-state index in [4.69, 9.17) is 4.52 Å². The van der Waals surface area contributed by atoms with E-state index in [1.165, 1.54) is 22.3 Å². The minimum atomic E-state index is 0.916. The van der Waals surface area contributed by atoms with Gasteiger partial charge in [0.15, 0.2) is 5.58 Å². The van der Waals surface area contributed by atoms with Gasteiger partial charge >= 0.3 is 0 Å². The molecular weight excluding hydrogens is 234 g/mol. The molecule has 2 heteroatoms. The Balaban J connectivity index is 2.42. The second-order valence-electron chi connectivity index (χ2n) is 5.10. The maximum absolute atomic E-state index is 5.60. The average Bonchev–Trinajstić information content (AvgIpc) is 2.88. The molecule has 1 heterocycles. The standard InChI is InChI=1S/C17H17NO/c1-10-11(2)13(4)17-15(12(10)3)16(18-19-17)14-8-6-5-7-9-14/h5-9H,1-4H3. The first-order chi connectivity index (χ1) is 9.11. The van der Waals surface area contributed by atoms with Gasteiger partial charge in [-0.15, -0.1) is 0 Å². The van der Waals surface area contributed by atoms with E-state index in [1.54, 1.807) is 0 Å². The van der Waals surface area contributed by atoms with E-state index < -0.39 is 0 Å². The molecule has 2 nitrogen and oxygen atoms in total. The molecule has 0 atom stereocenters. The highest BCUT2D eigenvalue weighted by Crippen LogP contribution is 2.35. The number of fused-ring (bicyclic) bond motifs is 1. The third-order valence-electron chi connectivity index (χ3n) is 4.14. The molecule has 1 aromatic heterocycles. The van der Waals surface area contributed by atoms with Crippen molar-refractivity contribution in [2.45, 2.75) is 27.7 Å². The third-order valence-corrected chi connectivity index (χ3v) is 4.14. The van der Waals surface area contributed by atoms with Gasteiger partial charge < -0.3 is 4.52 Å². The van der Waals surface area contributed by atoms with Gasteiger partial charge in [0.1, 0.15) is 5.69 Å². The highest BCUT2D eigenvalue weighted by Gasteiger charge is 2.18. The molecule has 0 saturated carbocycles. The van der Waals surface area contributed by atoms with Gasteiger partial charge in [-0.25, -0.2) is 0 Å². The quantitative estimate of drug-likeness (QED) is 0.625. The molecule has 96 valence electrons. The average molecular weight is 251 g/mol. The molecule has 0 N–H and O–H groups in total. The number of rotatable bonds is 1. The molecule has 0 aliphatic rings. The Bertz CT molecular complexity index is 754. The molecule has 0 amide bonds. The van der Waals surface area contributed by atoms with Crippen LogP contribution in [0.15, 0.2) is 34.9 Å². The van der Waals surface area contributed by atoms with Gasteiger partial charge in [0.25, 0.3) is 0 Å². The summed E-state index contributed by atoms with van der Waals surface area (Å²) in [4.78, 5) is 0. The van der Waals surface area contributed by atoms with Gasteiger partial charge in [0.2, 0.25) is 0 Å². The van der Waals surface area contributed by atoms with E-state index >= 15 is 0 Å². The van der Waals surface area contributed by atoms with Gasteiger partial charge in [-0.1, -0.05) is 35.5 Å². The molecule has 0 bridgehead atoms. The van der Waals surface area contributed by atoms with Crippen LogP contribution in [0.2, 0.25) is 0 Å². The largest absolute Gasteiger partial charge is 0.355 e. The molecule has 0 aliphatic carbocycles. The van der Waals surface area contributed by atoms with Gasteiger partial charge in [-0.05, 0) is 49.9 Å². The third kappa shape index (κ3) is 1.67. The van der Waals surface area contributed by atoms with E-state index in [9.17, 15) is 0 Å². The van der Waals surface area contributed by atoms with Crippen LogP contribution in [0.5, 0.6) is 0 Å². The van der Waals surface area contributed by atoms with Crippen LogP contribution in [0.3, 0.4) is 0 Å². The molecule has 0 radical (unpaired) electrons. The lowest BCUT2D eigenvalue weighted by Crippen LogP contribution is -1.92. The van der Waals surface area contributed by atoms with Crippen molar-refractivity contribution in [2.24, 2.45) is 0 Å². The Morgan fingerprint density at radius 3 is 2.11 bits per heavy atom. The van der Waals surface area contributed by atoms with Crippen LogP contribution in [-0.4, -0.2) is 5.16 Å². The Hall–Kier alpha value is -2.09. The maximum atomic E-state index is 5.60. The molecule has 0 spiro atoms. The first-order valence-electron chi connectivity index (χ1n) is 6.52. The van der Waals surface area contributed by atoms with Crippen LogP contribution in [-0.2, 0) is 0 Å². The number of hydrogen-bond donors (Lipinski definition) is 0. The molecule has 3 aromatic rings. The van der Waals surface area contributed by atoms with E-state index in [1.807, 2.05) is 18.2 Å². The Kier molecular flexibility index (Phi) is 2.67. The van der Waals surface area contributed by atoms with Crippen LogP contribution in [0, 0.1) is 27.7 Å². The minimum absolute atomic E-state index is 0.916. The Morgan fingerprint density at radius 1 is 0.789 bits per heavy atom. The summed E-state index contributed by atoms with van der Waals surface area (Å²) in [7, 11) is 0. The lowest BCUT2D eigenvalue weighted by molar-refractivity contribution is 0.458. The molecule has 0 aliphatic heterocycles. The SMILES string of the molecule is Cc1c(C)c(C)c2c(-c3ccccc3)noc2c1C. The van der Waals surface area contributed by atoms with E-state index in [0.717, 1.165) is 22.2 Å². The summed E-state index contributed by atoms with van der Waals surface area (Å²) in [6.45, 7) is 8.55. The van der Waals surface area contributed by atoms with Crippen molar-refractivity contribution >= 4 is 11.0 Å². The van der Waals surface area contributed by atoms with Crippen molar-refractivity contribution in [1.29, 1.82) is 0 Å². The van der Waals surface area contributed by atoms with Crippen LogP contribution in [0.4, 0.5) is 0 Å². The normalized spacial score (nSPS) is 11.2. The lowest BCUT2D eigenvalue weighted by Gasteiger charge is -2.09. The Labute approximate surface area is 113 Å². The predicted octanol–water partition coefficient (Wildman–Crippen LogP) is 4.73.